The maximum absolute atomic E-state index is 12.1. The van der Waals surface area contributed by atoms with Gasteiger partial charge in [0.1, 0.15) is 11.0 Å². The number of carbonyl (C=O) groups excluding carboxylic acids is 2. The number of carbonyl (C=O) groups is 2. The van der Waals surface area contributed by atoms with Crippen LogP contribution in [0, 0.1) is 17.0 Å². The molecule has 0 aliphatic heterocycles. The van der Waals surface area contributed by atoms with E-state index in [1.807, 2.05) is 0 Å². The third-order valence-corrected chi connectivity index (χ3v) is 4.06. The predicted molar refractivity (Wildman–Crippen MR) is 86.4 cm³/mol. The molecular formula is C14H13BrN4O4. The SMILES string of the molecule is CC(=O)c1cccc(NC(=O)Cn2nc([N+](=O)[O-])c(Br)c2C)c1. The molecule has 120 valence electrons. The van der Waals surface area contributed by atoms with E-state index in [1.54, 1.807) is 31.2 Å². The van der Waals surface area contributed by atoms with Crippen molar-refractivity contribution >= 4 is 39.1 Å². The summed E-state index contributed by atoms with van der Waals surface area (Å²) in [6, 6.07) is 6.52. The number of nitrogens with zero attached hydrogens (tertiary/aromatic N) is 3. The van der Waals surface area contributed by atoms with Crippen LogP contribution in [0.3, 0.4) is 0 Å². The van der Waals surface area contributed by atoms with Gasteiger partial charge < -0.3 is 15.4 Å². The van der Waals surface area contributed by atoms with Crippen molar-refractivity contribution < 1.29 is 14.5 Å². The number of ketones is 1. The predicted octanol–water partition coefficient (Wildman–Crippen LogP) is 2.70. The largest absolute Gasteiger partial charge is 0.404 e. The van der Waals surface area contributed by atoms with E-state index in [-0.39, 0.29) is 22.6 Å². The van der Waals surface area contributed by atoms with Crippen LogP contribution < -0.4 is 5.32 Å². The third kappa shape index (κ3) is 3.81. The number of benzene rings is 1. The first-order chi connectivity index (χ1) is 10.8. The Bertz CT molecular complexity index is 800. The Balaban J connectivity index is 2.14. The van der Waals surface area contributed by atoms with Crippen molar-refractivity contribution in [2.75, 3.05) is 5.32 Å². The molecule has 9 heteroatoms. The van der Waals surface area contributed by atoms with E-state index < -0.39 is 10.8 Å². The Morgan fingerprint density at radius 1 is 1.43 bits per heavy atom. The van der Waals surface area contributed by atoms with Gasteiger partial charge in [-0.2, -0.15) is 4.68 Å². The van der Waals surface area contributed by atoms with Gasteiger partial charge in [0.15, 0.2) is 5.78 Å². The molecule has 1 N–H and O–H groups in total. The Morgan fingerprint density at radius 2 is 2.13 bits per heavy atom. The second-order valence-corrected chi connectivity index (χ2v) is 5.62. The molecule has 1 amide bonds. The number of halogens is 1. The monoisotopic (exact) mass is 380 g/mol. The lowest BCUT2D eigenvalue weighted by Crippen LogP contribution is -2.20. The highest BCUT2D eigenvalue weighted by Crippen LogP contribution is 2.26. The highest BCUT2D eigenvalue weighted by Gasteiger charge is 2.24. The second kappa shape index (κ2) is 6.69. The lowest BCUT2D eigenvalue weighted by Gasteiger charge is -2.06. The summed E-state index contributed by atoms with van der Waals surface area (Å²) >= 11 is 3.09. The summed E-state index contributed by atoms with van der Waals surface area (Å²) in [6.45, 7) is 2.88. The van der Waals surface area contributed by atoms with E-state index in [0.717, 1.165) is 0 Å². The molecule has 0 aliphatic carbocycles. The van der Waals surface area contributed by atoms with Crippen molar-refractivity contribution in [2.45, 2.75) is 20.4 Å². The third-order valence-electron chi connectivity index (χ3n) is 3.14. The molecule has 0 unspecified atom stereocenters. The van der Waals surface area contributed by atoms with Crippen molar-refractivity contribution in [3.05, 3.63) is 50.1 Å². The standard InChI is InChI=1S/C14H13BrN4O4/c1-8-13(15)14(19(22)23)17-18(8)7-12(21)16-11-5-3-4-10(6-11)9(2)20/h3-6H,7H2,1-2H3,(H,16,21). The van der Waals surface area contributed by atoms with Crippen molar-refractivity contribution in [1.82, 2.24) is 9.78 Å². The van der Waals surface area contributed by atoms with E-state index in [9.17, 15) is 19.7 Å². The lowest BCUT2D eigenvalue weighted by atomic mass is 10.1. The van der Waals surface area contributed by atoms with Crippen LogP contribution in [0.5, 0.6) is 0 Å². The van der Waals surface area contributed by atoms with Gasteiger partial charge in [-0.05, 0) is 46.8 Å². The van der Waals surface area contributed by atoms with E-state index in [4.69, 9.17) is 0 Å². The topological polar surface area (TPSA) is 107 Å². The van der Waals surface area contributed by atoms with Crippen molar-refractivity contribution in [3.63, 3.8) is 0 Å². The molecule has 1 heterocycles. The molecule has 0 radical (unpaired) electrons. The molecule has 0 saturated carbocycles. The van der Waals surface area contributed by atoms with E-state index in [2.05, 4.69) is 26.3 Å². The Hall–Kier alpha value is -2.55. The molecule has 8 nitrogen and oxygen atoms in total. The van der Waals surface area contributed by atoms with Crippen LogP contribution in [0.15, 0.2) is 28.7 Å². The van der Waals surface area contributed by atoms with Crippen LogP contribution in [0.2, 0.25) is 0 Å². The summed E-state index contributed by atoms with van der Waals surface area (Å²) < 4.78 is 1.49. The Labute approximate surface area is 139 Å². The molecule has 0 saturated heterocycles. The number of nitrogens with one attached hydrogen (secondary N) is 1. The summed E-state index contributed by atoms with van der Waals surface area (Å²) in [5.41, 5.74) is 1.43. The summed E-state index contributed by atoms with van der Waals surface area (Å²) in [4.78, 5) is 33.6. The van der Waals surface area contributed by atoms with Crippen LogP contribution in [-0.2, 0) is 11.3 Å². The smallest absolute Gasteiger partial charge is 0.358 e. The molecule has 0 spiro atoms. The number of aromatic nitrogens is 2. The van der Waals surface area contributed by atoms with Gasteiger partial charge in [-0.1, -0.05) is 12.1 Å². The highest BCUT2D eigenvalue weighted by molar-refractivity contribution is 9.10. The first-order valence-corrected chi connectivity index (χ1v) is 7.37. The molecule has 2 rings (SSSR count). The van der Waals surface area contributed by atoms with E-state index >= 15 is 0 Å². The number of nitro groups is 1. The van der Waals surface area contributed by atoms with E-state index in [0.29, 0.717) is 16.9 Å². The summed E-state index contributed by atoms with van der Waals surface area (Å²) in [7, 11) is 0. The van der Waals surface area contributed by atoms with Gasteiger partial charge in [-0.15, -0.1) is 0 Å². The zero-order chi connectivity index (χ0) is 17.1. The van der Waals surface area contributed by atoms with Crippen LogP contribution in [0.4, 0.5) is 11.5 Å². The van der Waals surface area contributed by atoms with Crippen molar-refractivity contribution in [1.29, 1.82) is 0 Å². The summed E-state index contributed by atoms with van der Waals surface area (Å²) in [5.74, 6) is -0.851. The van der Waals surface area contributed by atoms with Crippen LogP contribution in [0.25, 0.3) is 0 Å². The van der Waals surface area contributed by atoms with Crippen LogP contribution >= 0.6 is 15.9 Å². The second-order valence-electron chi connectivity index (χ2n) is 4.82. The van der Waals surface area contributed by atoms with Gasteiger partial charge >= 0.3 is 5.82 Å². The van der Waals surface area contributed by atoms with Gasteiger partial charge in [0.2, 0.25) is 5.91 Å². The normalized spacial score (nSPS) is 10.4. The molecule has 1 aromatic heterocycles. The minimum absolute atomic E-state index is 0.108. The maximum Gasteiger partial charge on any atom is 0.404 e. The van der Waals surface area contributed by atoms with Gasteiger partial charge in [-0.3, -0.25) is 9.59 Å². The van der Waals surface area contributed by atoms with Gasteiger partial charge in [0.05, 0.1) is 10.8 Å². The minimum atomic E-state index is -0.623. The summed E-state index contributed by atoms with van der Waals surface area (Å²) in [5, 5.41) is 17.3. The first kappa shape index (κ1) is 16.8. The molecule has 2 aromatic rings. The molecule has 0 fully saturated rings. The molecule has 0 bridgehead atoms. The molecule has 1 aromatic carbocycles. The van der Waals surface area contributed by atoms with Crippen LogP contribution in [-0.4, -0.2) is 26.4 Å². The maximum atomic E-state index is 12.1. The lowest BCUT2D eigenvalue weighted by molar-refractivity contribution is -0.390. The van der Waals surface area contributed by atoms with Gasteiger partial charge in [0.25, 0.3) is 0 Å². The highest BCUT2D eigenvalue weighted by atomic mass is 79.9. The Kier molecular flexibility index (Phi) is 4.89. The summed E-state index contributed by atoms with van der Waals surface area (Å²) in [6.07, 6.45) is 0. The zero-order valence-electron chi connectivity index (χ0n) is 12.4. The van der Waals surface area contributed by atoms with Gasteiger partial charge in [0, 0.05) is 11.3 Å². The number of hydrogen-bond acceptors (Lipinski definition) is 5. The van der Waals surface area contributed by atoms with Crippen molar-refractivity contribution in [2.24, 2.45) is 0 Å². The number of amides is 1. The molecule has 23 heavy (non-hydrogen) atoms. The fourth-order valence-electron chi connectivity index (χ4n) is 1.93. The van der Waals surface area contributed by atoms with E-state index in [1.165, 1.54) is 11.6 Å². The average molecular weight is 381 g/mol. The Morgan fingerprint density at radius 3 is 2.70 bits per heavy atom. The number of Topliss-reactive ketones (excluding diaryl/α,β-unsaturated/α-hetero) is 1. The van der Waals surface area contributed by atoms with Gasteiger partial charge in [-0.25, -0.2) is 0 Å². The fraction of sp³-hybridized carbons (Fsp3) is 0.214. The number of hydrogen-bond donors (Lipinski definition) is 1. The molecule has 0 atom stereocenters. The zero-order valence-corrected chi connectivity index (χ0v) is 14.0. The average Bonchev–Trinajstić information content (AvgIpc) is 2.76. The molecule has 0 aliphatic rings. The number of anilines is 1. The van der Waals surface area contributed by atoms with Crippen LogP contribution in [0.1, 0.15) is 23.0 Å². The van der Waals surface area contributed by atoms with Crippen molar-refractivity contribution in [3.8, 4) is 0 Å². The molecular weight excluding hydrogens is 368 g/mol. The minimum Gasteiger partial charge on any atom is -0.358 e. The fourth-order valence-corrected chi connectivity index (χ4v) is 2.36. The quantitative estimate of drug-likeness (QED) is 0.487. The first-order valence-electron chi connectivity index (χ1n) is 6.57. The number of rotatable bonds is 5.